The van der Waals surface area contributed by atoms with Gasteiger partial charge in [0, 0.05) is 25.3 Å². The zero-order valence-corrected chi connectivity index (χ0v) is 14.8. The zero-order chi connectivity index (χ0) is 18.2. The Hall–Kier alpha value is -1.86. The lowest BCUT2D eigenvalue weighted by atomic mass is 10.0. The van der Waals surface area contributed by atoms with Crippen molar-refractivity contribution in [2.75, 3.05) is 25.1 Å². The molecule has 3 N–H and O–H groups in total. The Labute approximate surface area is 147 Å². The van der Waals surface area contributed by atoms with Crippen LogP contribution in [0.4, 0.5) is 14.9 Å². The van der Waals surface area contributed by atoms with E-state index in [1.807, 2.05) is 13.8 Å². The second-order valence-corrected chi connectivity index (χ2v) is 6.55. The summed E-state index contributed by atoms with van der Waals surface area (Å²) in [5, 5.41) is 14.5. The molecule has 0 unspecified atom stereocenters. The van der Waals surface area contributed by atoms with Gasteiger partial charge in [-0.1, -0.05) is 13.8 Å². The van der Waals surface area contributed by atoms with Gasteiger partial charge in [0.2, 0.25) is 0 Å². The van der Waals surface area contributed by atoms with Crippen molar-refractivity contribution in [2.24, 2.45) is 5.92 Å². The summed E-state index contributed by atoms with van der Waals surface area (Å²) in [4.78, 5) is 12.2. The maximum Gasteiger partial charge on any atom is 0.319 e. The number of benzene rings is 1. The smallest absolute Gasteiger partial charge is 0.319 e. The number of carbonyl (C=O) groups excluding carboxylic acids is 1. The fraction of sp³-hybridized carbons (Fsp3) is 0.611. The van der Waals surface area contributed by atoms with E-state index in [4.69, 9.17) is 14.6 Å². The van der Waals surface area contributed by atoms with Crippen LogP contribution in [-0.4, -0.2) is 43.1 Å². The van der Waals surface area contributed by atoms with Crippen molar-refractivity contribution in [2.45, 2.75) is 45.3 Å². The second kappa shape index (κ2) is 9.58. The summed E-state index contributed by atoms with van der Waals surface area (Å²) in [7, 11) is 0. The van der Waals surface area contributed by atoms with E-state index in [2.05, 4.69) is 10.6 Å². The van der Waals surface area contributed by atoms with Gasteiger partial charge < -0.3 is 25.2 Å². The first-order valence-corrected chi connectivity index (χ1v) is 8.72. The van der Waals surface area contributed by atoms with Crippen LogP contribution in [0.2, 0.25) is 0 Å². The van der Waals surface area contributed by atoms with Crippen LogP contribution in [0.1, 0.15) is 33.1 Å². The number of aliphatic hydroxyl groups is 1. The predicted molar refractivity (Wildman–Crippen MR) is 93.4 cm³/mol. The SMILES string of the molecule is CC(C)[C@@H](CCO)NC(=O)Nc1cc(F)ccc1OC[C@@H]1CCCO1. The number of anilines is 1. The van der Waals surface area contributed by atoms with Gasteiger partial charge in [-0.2, -0.15) is 0 Å². The van der Waals surface area contributed by atoms with Crippen LogP contribution in [0.25, 0.3) is 0 Å². The zero-order valence-electron chi connectivity index (χ0n) is 14.8. The van der Waals surface area contributed by atoms with Crippen LogP contribution >= 0.6 is 0 Å². The summed E-state index contributed by atoms with van der Waals surface area (Å²) in [6.45, 7) is 4.99. The van der Waals surface area contributed by atoms with Gasteiger partial charge in [0.25, 0.3) is 0 Å². The molecule has 0 bridgehead atoms. The summed E-state index contributed by atoms with van der Waals surface area (Å²) in [5.74, 6) is 0.103. The largest absolute Gasteiger partial charge is 0.489 e. The molecule has 0 aromatic heterocycles. The molecule has 140 valence electrons. The Morgan fingerprint density at radius 3 is 2.92 bits per heavy atom. The molecule has 25 heavy (non-hydrogen) atoms. The average molecular weight is 354 g/mol. The number of nitrogens with one attached hydrogen (secondary N) is 2. The van der Waals surface area contributed by atoms with Crippen LogP contribution in [0.3, 0.4) is 0 Å². The van der Waals surface area contributed by atoms with Gasteiger partial charge in [-0.3, -0.25) is 0 Å². The molecule has 0 radical (unpaired) electrons. The molecule has 6 nitrogen and oxygen atoms in total. The molecule has 1 aromatic carbocycles. The van der Waals surface area contributed by atoms with Gasteiger partial charge in [0.05, 0.1) is 11.8 Å². The van der Waals surface area contributed by atoms with E-state index in [9.17, 15) is 9.18 Å². The maximum absolute atomic E-state index is 13.6. The summed E-state index contributed by atoms with van der Waals surface area (Å²) in [6, 6.07) is 3.37. The van der Waals surface area contributed by atoms with Crippen molar-refractivity contribution in [3.05, 3.63) is 24.0 Å². The van der Waals surface area contributed by atoms with Gasteiger partial charge in [-0.05, 0) is 37.3 Å². The second-order valence-electron chi connectivity index (χ2n) is 6.55. The molecule has 1 heterocycles. The molecule has 1 aliphatic heterocycles. The van der Waals surface area contributed by atoms with Crippen LogP contribution in [0.15, 0.2) is 18.2 Å². The standard InChI is InChI=1S/C18H27FN2O4/c1-12(2)15(7-8-22)20-18(23)21-16-10-13(19)5-6-17(16)25-11-14-4-3-9-24-14/h5-6,10,12,14-15,22H,3-4,7-9,11H2,1-2H3,(H2,20,21,23)/t14-,15+/m0/s1. The Bertz CT molecular complexity index is 562. The number of urea groups is 1. The van der Waals surface area contributed by atoms with Gasteiger partial charge >= 0.3 is 6.03 Å². The molecule has 2 atom stereocenters. The topological polar surface area (TPSA) is 79.8 Å². The van der Waals surface area contributed by atoms with Crippen LogP contribution in [-0.2, 0) is 4.74 Å². The minimum atomic E-state index is -0.462. The van der Waals surface area contributed by atoms with Crippen molar-refractivity contribution in [3.8, 4) is 5.75 Å². The molecule has 1 aliphatic rings. The van der Waals surface area contributed by atoms with Gasteiger partial charge in [-0.25, -0.2) is 9.18 Å². The van der Waals surface area contributed by atoms with Gasteiger partial charge in [0.1, 0.15) is 18.2 Å². The van der Waals surface area contributed by atoms with Crippen LogP contribution in [0.5, 0.6) is 5.75 Å². The van der Waals surface area contributed by atoms with Crippen molar-refractivity contribution < 1.29 is 23.8 Å². The minimum Gasteiger partial charge on any atom is -0.489 e. The van der Waals surface area contributed by atoms with E-state index >= 15 is 0 Å². The van der Waals surface area contributed by atoms with E-state index < -0.39 is 11.8 Å². The number of rotatable bonds is 8. The van der Waals surface area contributed by atoms with E-state index in [1.165, 1.54) is 18.2 Å². The van der Waals surface area contributed by atoms with E-state index in [0.29, 0.717) is 18.8 Å². The Morgan fingerprint density at radius 1 is 1.48 bits per heavy atom. The first-order chi connectivity index (χ1) is 12.0. The van der Waals surface area contributed by atoms with Crippen molar-refractivity contribution in [1.82, 2.24) is 5.32 Å². The molecular weight excluding hydrogens is 327 g/mol. The average Bonchev–Trinajstić information content (AvgIpc) is 3.07. The normalized spacial score (nSPS) is 18.2. The molecule has 1 aromatic rings. The van der Waals surface area contributed by atoms with Crippen LogP contribution in [0, 0.1) is 11.7 Å². The first kappa shape index (κ1) is 19.5. The predicted octanol–water partition coefficient (Wildman–Crippen LogP) is 2.91. The monoisotopic (exact) mass is 354 g/mol. The van der Waals surface area contributed by atoms with E-state index in [0.717, 1.165) is 19.4 Å². The fourth-order valence-electron chi connectivity index (χ4n) is 2.72. The van der Waals surface area contributed by atoms with Crippen LogP contribution < -0.4 is 15.4 Å². The number of ether oxygens (including phenoxy) is 2. The summed E-state index contributed by atoms with van der Waals surface area (Å²) in [6.07, 6.45) is 2.42. The molecular formula is C18H27FN2O4. The number of amides is 2. The van der Waals surface area contributed by atoms with Gasteiger partial charge in [-0.15, -0.1) is 0 Å². The van der Waals surface area contributed by atoms with Crippen molar-refractivity contribution in [1.29, 1.82) is 0 Å². The van der Waals surface area contributed by atoms with E-state index in [-0.39, 0.29) is 30.4 Å². The number of aliphatic hydroxyl groups excluding tert-OH is 1. The highest BCUT2D eigenvalue weighted by Gasteiger charge is 2.19. The Kier molecular flexibility index (Phi) is 7.46. The minimum absolute atomic E-state index is 0.0150. The Balaban J connectivity index is 1.98. The highest BCUT2D eigenvalue weighted by molar-refractivity contribution is 5.91. The molecule has 0 spiro atoms. The maximum atomic E-state index is 13.6. The number of carbonyl (C=O) groups is 1. The number of hydrogen-bond donors (Lipinski definition) is 3. The van der Waals surface area contributed by atoms with Gasteiger partial charge in [0.15, 0.2) is 0 Å². The third-order valence-electron chi connectivity index (χ3n) is 4.20. The highest BCUT2D eigenvalue weighted by atomic mass is 19.1. The van der Waals surface area contributed by atoms with Crippen molar-refractivity contribution >= 4 is 11.7 Å². The van der Waals surface area contributed by atoms with Crippen molar-refractivity contribution in [3.63, 3.8) is 0 Å². The highest BCUT2D eigenvalue weighted by Crippen LogP contribution is 2.26. The molecule has 1 saturated heterocycles. The summed E-state index contributed by atoms with van der Waals surface area (Å²) < 4.78 is 24.8. The first-order valence-electron chi connectivity index (χ1n) is 8.72. The third kappa shape index (κ3) is 6.17. The lowest BCUT2D eigenvalue weighted by Crippen LogP contribution is -2.41. The molecule has 1 fully saturated rings. The molecule has 2 rings (SSSR count). The number of hydrogen-bond acceptors (Lipinski definition) is 4. The molecule has 0 saturated carbocycles. The van der Waals surface area contributed by atoms with E-state index in [1.54, 1.807) is 0 Å². The Morgan fingerprint density at radius 2 is 2.28 bits per heavy atom. The molecule has 2 amide bonds. The summed E-state index contributed by atoms with van der Waals surface area (Å²) in [5.41, 5.74) is 0.266. The number of halogens is 1. The molecule has 0 aliphatic carbocycles. The quantitative estimate of drug-likeness (QED) is 0.671. The lowest BCUT2D eigenvalue weighted by Gasteiger charge is -2.22. The fourth-order valence-corrected chi connectivity index (χ4v) is 2.72. The third-order valence-corrected chi connectivity index (χ3v) is 4.20. The lowest BCUT2D eigenvalue weighted by molar-refractivity contribution is 0.0682. The summed E-state index contributed by atoms with van der Waals surface area (Å²) >= 11 is 0. The molecule has 7 heteroatoms.